The summed E-state index contributed by atoms with van der Waals surface area (Å²) in [5.74, 6) is 2.25. The second-order valence-corrected chi connectivity index (χ2v) is 8.53. The molecule has 0 radical (unpaired) electrons. The van der Waals surface area contributed by atoms with Gasteiger partial charge in [0.15, 0.2) is 0 Å². The SMILES string of the molecule is O=C1CS[C@H](C2CCCCC2)c2cnn(Cc3cccs3)c2N1. The van der Waals surface area contributed by atoms with E-state index in [0.29, 0.717) is 16.9 Å². The Bertz CT molecular complexity index is 674. The van der Waals surface area contributed by atoms with Crippen LogP contribution in [0.4, 0.5) is 5.82 Å². The molecule has 1 saturated carbocycles. The standard InChI is InChI=1S/C17H21N3OS2/c21-15-11-23-16(12-5-2-1-3-6-12)14-9-18-20(17(14)19-15)10-13-7-4-8-22-13/h4,7-9,12,16H,1-3,5-6,10-11H2,(H,19,21)/t16-/m1/s1. The van der Waals surface area contributed by atoms with E-state index in [1.807, 2.05) is 10.9 Å². The molecule has 0 saturated heterocycles. The van der Waals surface area contributed by atoms with Crippen molar-refractivity contribution in [2.45, 2.75) is 43.9 Å². The van der Waals surface area contributed by atoms with Crippen molar-refractivity contribution in [2.24, 2.45) is 5.92 Å². The third kappa shape index (κ3) is 3.19. The molecular weight excluding hydrogens is 326 g/mol. The van der Waals surface area contributed by atoms with Crippen molar-refractivity contribution >= 4 is 34.8 Å². The molecule has 1 atom stereocenters. The van der Waals surface area contributed by atoms with Gasteiger partial charge < -0.3 is 5.32 Å². The number of aromatic nitrogens is 2. The van der Waals surface area contributed by atoms with Gasteiger partial charge in [0.05, 0.1) is 18.5 Å². The van der Waals surface area contributed by atoms with Crippen LogP contribution in [0, 0.1) is 5.92 Å². The Kier molecular flexibility index (Phi) is 4.44. The summed E-state index contributed by atoms with van der Waals surface area (Å²) in [6.07, 6.45) is 8.54. The van der Waals surface area contributed by atoms with Crippen LogP contribution < -0.4 is 5.32 Å². The van der Waals surface area contributed by atoms with Crippen molar-refractivity contribution < 1.29 is 4.79 Å². The summed E-state index contributed by atoms with van der Waals surface area (Å²) in [5.41, 5.74) is 1.23. The van der Waals surface area contributed by atoms with E-state index in [2.05, 4.69) is 27.9 Å². The number of thioether (sulfide) groups is 1. The number of thiophene rings is 1. The van der Waals surface area contributed by atoms with E-state index in [-0.39, 0.29) is 5.91 Å². The van der Waals surface area contributed by atoms with Crippen LogP contribution in [0.5, 0.6) is 0 Å². The van der Waals surface area contributed by atoms with Gasteiger partial charge in [0, 0.05) is 15.7 Å². The summed E-state index contributed by atoms with van der Waals surface area (Å²) in [6, 6.07) is 4.17. The molecule has 0 spiro atoms. The first-order valence-corrected chi connectivity index (χ1v) is 10.2. The zero-order valence-corrected chi connectivity index (χ0v) is 14.7. The second-order valence-electron chi connectivity index (χ2n) is 6.36. The molecule has 2 aromatic heterocycles. The van der Waals surface area contributed by atoms with Crippen LogP contribution in [0.3, 0.4) is 0 Å². The maximum atomic E-state index is 12.2. The lowest BCUT2D eigenvalue weighted by molar-refractivity contribution is -0.113. The molecule has 4 rings (SSSR count). The van der Waals surface area contributed by atoms with Gasteiger partial charge in [-0.3, -0.25) is 4.79 Å². The van der Waals surface area contributed by atoms with Gasteiger partial charge in [0.1, 0.15) is 5.82 Å². The van der Waals surface area contributed by atoms with Crippen LogP contribution in [-0.4, -0.2) is 21.4 Å². The van der Waals surface area contributed by atoms with E-state index >= 15 is 0 Å². The highest BCUT2D eigenvalue weighted by atomic mass is 32.2. The van der Waals surface area contributed by atoms with Gasteiger partial charge in [0.2, 0.25) is 5.91 Å². The summed E-state index contributed by atoms with van der Waals surface area (Å²) in [7, 11) is 0. The summed E-state index contributed by atoms with van der Waals surface area (Å²) < 4.78 is 1.96. The molecule has 23 heavy (non-hydrogen) atoms. The van der Waals surface area contributed by atoms with Crippen molar-refractivity contribution in [3.8, 4) is 0 Å². The maximum Gasteiger partial charge on any atom is 0.235 e. The average Bonchev–Trinajstić information content (AvgIpc) is 3.17. The van der Waals surface area contributed by atoms with Gasteiger partial charge in [-0.2, -0.15) is 5.10 Å². The van der Waals surface area contributed by atoms with Gasteiger partial charge >= 0.3 is 0 Å². The molecule has 0 aromatic carbocycles. The quantitative estimate of drug-likeness (QED) is 0.900. The van der Waals surface area contributed by atoms with Crippen LogP contribution in [-0.2, 0) is 11.3 Å². The fraction of sp³-hybridized carbons (Fsp3) is 0.529. The molecule has 1 fully saturated rings. The second kappa shape index (κ2) is 6.69. The third-order valence-corrected chi connectivity index (χ3v) is 7.08. The first kappa shape index (κ1) is 15.3. The Balaban J connectivity index is 1.65. The predicted molar refractivity (Wildman–Crippen MR) is 96.1 cm³/mol. The van der Waals surface area contributed by atoms with E-state index in [1.54, 1.807) is 23.1 Å². The lowest BCUT2D eigenvalue weighted by Gasteiger charge is -2.28. The van der Waals surface area contributed by atoms with Crippen LogP contribution in [0.2, 0.25) is 0 Å². The molecule has 0 unspecified atom stereocenters. The molecule has 6 heteroatoms. The normalized spacial score (nSPS) is 22.4. The number of nitrogens with one attached hydrogen (secondary N) is 1. The lowest BCUT2D eigenvalue weighted by atomic mass is 9.85. The number of nitrogens with zero attached hydrogens (tertiary/aromatic N) is 2. The lowest BCUT2D eigenvalue weighted by Crippen LogP contribution is -2.16. The van der Waals surface area contributed by atoms with Gasteiger partial charge in [-0.05, 0) is 30.2 Å². The Labute approximate surface area is 144 Å². The van der Waals surface area contributed by atoms with Gasteiger partial charge in [-0.15, -0.1) is 23.1 Å². The number of hydrogen-bond acceptors (Lipinski definition) is 4. The van der Waals surface area contributed by atoms with Gasteiger partial charge in [-0.1, -0.05) is 25.3 Å². The number of hydrogen-bond donors (Lipinski definition) is 1. The highest BCUT2D eigenvalue weighted by Crippen LogP contribution is 2.46. The fourth-order valence-corrected chi connectivity index (χ4v) is 5.65. The molecule has 1 aliphatic heterocycles. The third-order valence-electron chi connectivity index (χ3n) is 4.79. The molecule has 3 heterocycles. The molecule has 122 valence electrons. The molecule has 1 aliphatic carbocycles. The van der Waals surface area contributed by atoms with Gasteiger partial charge in [-0.25, -0.2) is 4.68 Å². The summed E-state index contributed by atoms with van der Waals surface area (Å²) >= 11 is 3.53. The minimum absolute atomic E-state index is 0.0995. The van der Waals surface area contributed by atoms with Crippen LogP contribution >= 0.6 is 23.1 Å². The molecule has 0 bridgehead atoms. The van der Waals surface area contributed by atoms with Crippen molar-refractivity contribution in [3.63, 3.8) is 0 Å². The van der Waals surface area contributed by atoms with Crippen molar-refractivity contribution in [2.75, 3.05) is 11.1 Å². The number of fused-ring (bicyclic) bond motifs is 1. The van der Waals surface area contributed by atoms with E-state index in [9.17, 15) is 4.79 Å². The molecule has 1 N–H and O–H groups in total. The fourth-order valence-electron chi connectivity index (χ4n) is 3.67. The van der Waals surface area contributed by atoms with Crippen LogP contribution in [0.25, 0.3) is 0 Å². The molecular formula is C17H21N3OS2. The molecule has 2 aliphatic rings. The minimum Gasteiger partial charge on any atom is -0.310 e. The van der Waals surface area contributed by atoms with Crippen LogP contribution in [0.15, 0.2) is 23.7 Å². The molecule has 1 amide bonds. The largest absolute Gasteiger partial charge is 0.310 e. The first-order valence-electron chi connectivity index (χ1n) is 8.31. The zero-order valence-electron chi connectivity index (χ0n) is 13.0. The highest BCUT2D eigenvalue weighted by Gasteiger charge is 2.32. The first-order chi connectivity index (χ1) is 11.3. The van der Waals surface area contributed by atoms with Crippen molar-refractivity contribution in [1.82, 2.24) is 9.78 Å². The van der Waals surface area contributed by atoms with Crippen LogP contribution in [0.1, 0.15) is 47.8 Å². The van der Waals surface area contributed by atoms with Crippen molar-refractivity contribution in [1.29, 1.82) is 0 Å². The Morgan fingerprint density at radius 2 is 2.17 bits per heavy atom. The van der Waals surface area contributed by atoms with E-state index < -0.39 is 0 Å². The smallest absolute Gasteiger partial charge is 0.235 e. The zero-order chi connectivity index (χ0) is 15.6. The summed E-state index contributed by atoms with van der Waals surface area (Å²) in [5, 5.41) is 10.2. The van der Waals surface area contributed by atoms with E-state index in [4.69, 9.17) is 0 Å². The monoisotopic (exact) mass is 347 g/mol. The summed E-state index contributed by atoms with van der Waals surface area (Å²) in [6.45, 7) is 0.731. The Hall–Kier alpha value is -1.27. The number of carbonyl (C=O) groups excluding carboxylic acids is 1. The molecule has 2 aromatic rings. The average molecular weight is 348 g/mol. The number of rotatable bonds is 3. The summed E-state index contributed by atoms with van der Waals surface area (Å²) in [4.78, 5) is 13.4. The minimum atomic E-state index is 0.0995. The van der Waals surface area contributed by atoms with Gasteiger partial charge in [0.25, 0.3) is 0 Å². The highest BCUT2D eigenvalue weighted by molar-refractivity contribution is 8.00. The van der Waals surface area contributed by atoms with E-state index in [0.717, 1.165) is 12.4 Å². The maximum absolute atomic E-state index is 12.2. The Morgan fingerprint density at radius 3 is 2.96 bits per heavy atom. The number of anilines is 1. The number of carbonyl (C=O) groups is 1. The number of amides is 1. The molecule has 4 nitrogen and oxygen atoms in total. The Morgan fingerprint density at radius 1 is 1.30 bits per heavy atom. The topological polar surface area (TPSA) is 46.9 Å². The van der Waals surface area contributed by atoms with E-state index in [1.165, 1.54) is 42.5 Å². The predicted octanol–water partition coefficient (Wildman–Crippen LogP) is 4.30. The van der Waals surface area contributed by atoms with Crippen molar-refractivity contribution in [3.05, 3.63) is 34.2 Å².